The smallest absolute Gasteiger partial charge is 0.306 e. The molecule has 98 valence electrons. The van der Waals surface area contributed by atoms with Crippen LogP contribution in [0.4, 0.5) is 0 Å². The van der Waals surface area contributed by atoms with Gasteiger partial charge in [-0.15, -0.1) is 5.10 Å². The highest BCUT2D eigenvalue weighted by molar-refractivity contribution is 5.73. The second-order valence-corrected chi connectivity index (χ2v) is 4.71. The normalized spacial score (nSPS) is 24.1. The van der Waals surface area contributed by atoms with Gasteiger partial charge in [-0.2, -0.15) is 0 Å². The second kappa shape index (κ2) is 4.75. The van der Waals surface area contributed by atoms with Crippen LogP contribution in [0.25, 0.3) is 0 Å². The van der Waals surface area contributed by atoms with E-state index < -0.39 is 5.97 Å². The molecule has 1 amide bonds. The van der Waals surface area contributed by atoms with Crippen LogP contribution in [0.1, 0.15) is 44.5 Å². The maximum absolute atomic E-state index is 10.9. The Hall–Kier alpha value is -1.92. The van der Waals surface area contributed by atoms with Crippen LogP contribution in [-0.4, -0.2) is 32.0 Å². The summed E-state index contributed by atoms with van der Waals surface area (Å²) < 4.78 is 1.69. The topological polar surface area (TPSA) is 97.1 Å². The molecule has 18 heavy (non-hydrogen) atoms. The van der Waals surface area contributed by atoms with E-state index in [1.54, 1.807) is 10.9 Å². The number of carbonyl (C=O) groups is 2. The van der Waals surface area contributed by atoms with E-state index in [0.717, 1.165) is 0 Å². The molecule has 0 saturated heterocycles. The maximum atomic E-state index is 10.9. The molecule has 7 nitrogen and oxygen atoms in total. The summed E-state index contributed by atoms with van der Waals surface area (Å²) in [6.07, 6.45) is 2.95. The second-order valence-electron chi connectivity index (χ2n) is 4.71. The summed E-state index contributed by atoms with van der Waals surface area (Å²) in [4.78, 5) is 21.6. The van der Waals surface area contributed by atoms with Gasteiger partial charge in [-0.25, -0.2) is 4.68 Å². The quantitative estimate of drug-likeness (QED) is 0.813. The molecule has 7 heteroatoms. The maximum Gasteiger partial charge on any atom is 0.306 e. The Morgan fingerprint density at radius 3 is 2.78 bits per heavy atom. The van der Waals surface area contributed by atoms with E-state index in [1.807, 2.05) is 6.92 Å². The minimum Gasteiger partial charge on any atom is -0.481 e. The van der Waals surface area contributed by atoms with Crippen molar-refractivity contribution >= 4 is 11.9 Å². The number of carbonyl (C=O) groups excluding carboxylic acids is 1. The van der Waals surface area contributed by atoms with Gasteiger partial charge in [-0.1, -0.05) is 5.21 Å². The molecule has 0 spiro atoms. The lowest BCUT2D eigenvalue weighted by Crippen LogP contribution is -2.32. The summed E-state index contributed by atoms with van der Waals surface area (Å²) in [5, 5.41) is 19.5. The first-order valence-electron chi connectivity index (χ1n) is 5.89. The number of nitrogens with one attached hydrogen (secondary N) is 1. The first-order valence-corrected chi connectivity index (χ1v) is 5.89. The first-order chi connectivity index (χ1) is 8.47. The van der Waals surface area contributed by atoms with E-state index in [0.29, 0.717) is 18.5 Å². The SMILES string of the molecule is CC(=O)NC(C)c1cn(C2CC(C(=O)O)C2)nn1. The van der Waals surface area contributed by atoms with E-state index >= 15 is 0 Å². The van der Waals surface area contributed by atoms with Crippen molar-refractivity contribution in [3.63, 3.8) is 0 Å². The lowest BCUT2D eigenvalue weighted by atomic mass is 9.80. The van der Waals surface area contributed by atoms with Gasteiger partial charge in [0, 0.05) is 6.92 Å². The molecule has 1 aromatic heterocycles. The van der Waals surface area contributed by atoms with E-state index in [4.69, 9.17) is 5.11 Å². The molecule has 0 bridgehead atoms. The number of aliphatic carboxylic acids is 1. The number of nitrogens with zero attached hydrogens (tertiary/aromatic N) is 3. The van der Waals surface area contributed by atoms with Crippen LogP contribution in [0.5, 0.6) is 0 Å². The van der Waals surface area contributed by atoms with Crippen molar-refractivity contribution < 1.29 is 14.7 Å². The van der Waals surface area contributed by atoms with Crippen molar-refractivity contribution in [2.75, 3.05) is 0 Å². The Morgan fingerprint density at radius 1 is 1.56 bits per heavy atom. The molecule has 1 heterocycles. The fourth-order valence-electron chi connectivity index (χ4n) is 2.05. The minimum atomic E-state index is -0.752. The summed E-state index contributed by atoms with van der Waals surface area (Å²) in [7, 11) is 0. The fourth-order valence-corrected chi connectivity index (χ4v) is 2.05. The zero-order valence-corrected chi connectivity index (χ0v) is 10.3. The van der Waals surface area contributed by atoms with Crippen molar-refractivity contribution in [1.82, 2.24) is 20.3 Å². The van der Waals surface area contributed by atoms with Gasteiger partial charge < -0.3 is 10.4 Å². The highest BCUT2D eigenvalue weighted by Gasteiger charge is 2.36. The average Bonchev–Trinajstić information content (AvgIpc) is 2.62. The Balaban J connectivity index is 1.95. The predicted molar refractivity (Wildman–Crippen MR) is 61.7 cm³/mol. The van der Waals surface area contributed by atoms with Crippen LogP contribution >= 0.6 is 0 Å². The third-order valence-electron chi connectivity index (χ3n) is 3.23. The summed E-state index contributed by atoms with van der Waals surface area (Å²) in [5.74, 6) is -1.14. The summed E-state index contributed by atoms with van der Waals surface area (Å²) >= 11 is 0. The Morgan fingerprint density at radius 2 is 2.22 bits per heavy atom. The molecule has 0 aliphatic heterocycles. The van der Waals surface area contributed by atoms with Gasteiger partial charge in [0.15, 0.2) is 0 Å². The lowest BCUT2D eigenvalue weighted by molar-refractivity contribution is -0.146. The van der Waals surface area contributed by atoms with Crippen LogP contribution < -0.4 is 5.32 Å². The molecule has 0 aromatic carbocycles. The van der Waals surface area contributed by atoms with Crippen LogP contribution in [0, 0.1) is 5.92 Å². The number of hydrogen-bond acceptors (Lipinski definition) is 4. The number of aromatic nitrogens is 3. The standard InChI is InChI=1S/C11H16N4O3/c1-6(12-7(2)16)10-5-15(14-13-10)9-3-8(4-9)11(17)18/h5-6,8-9H,3-4H2,1-2H3,(H,12,16)(H,17,18). The molecule has 2 rings (SSSR count). The van der Waals surface area contributed by atoms with E-state index in [-0.39, 0.29) is 23.9 Å². The lowest BCUT2D eigenvalue weighted by Gasteiger charge is -2.31. The number of amides is 1. The van der Waals surface area contributed by atoms with E-state index in [1.165, 1.54) is 6.92 Å². The van der Waals surface area contributed by atoms with Crippen molar-refractivity contribution in [2.24, 2.45) is 5.92 Å². The molecule has 1 aromatic rings. The zero-order chi connectivity index (χ0) is 13.3. The Labute approximate surface area is 104 Å². The molecule has 1 aliphatic rings. The van der Waals surface area contributed by atoms with Crippen LogP contribution in [-0.2, 0) is 9.59 Å². The predicted octanol–water partition coefficient (Wildman–Crippen LogP) is 0.511. The molecule has 0 radical (unpaired) electrons. The molecular formula is C11H16N4O3. The highest BCUT2D eigenvalue weighted by atomic mass is 16.4. The molecular weight excluding hydrogens is 236 g/mol. The molecule has 2 N–H and O–H groups in total. The van der Waals surface area contributed by atoms with Crippen LogP contribution in [0.3, 0.4) is 0 Å². The van der Waals surface area contributed by atoms with Gasteiger partial charge in [0.2, 0.25) is 5.91 Å². The number of hydrogen-bond donors (Lipinski definition) is 2. The summed E-state index contributed by atoms with van der Waals surface area (Å²) in [6, 6.07) is -0.0801. The van der Waals surface area contributed by atoms with Gasteiger partial charge in [0.05, 0.1) is 24.2 Å². The molecule has 1 unspecified atom stereocenters. The Kier molecular flexibility index (Phi) is 3.31. The zero-order valence-electron chi connectivity index (χ0n) is 10.3. The number of rotatable bonds is 4. The van der Waals surface area contributed by atoms with Crippen molar-refractivity contribution in [3.8, 4) is 0 Å². The summed E-state index contributed by atoms with van der Waals surface area (Å²) in [6.45, 7) is 3.28. The number of carboxylic acids is 1. The summed E-state index contributed by atoms with van der Waals surface area (Å²) in [5.41, 5.74) is 0.684. The third kappa shape index (κ3) is 2.49. The van der Waals surface area contributed by atoms with Crippen molar-refractivity contribution in [2.45, 2.75) is 38.8 Å². The van der Waals surface area contributed by atoms with Crippen LogP contribution in [0.2, 0.25) is 0 Å². The van der Waals surface area contributed by atoms with Gasteiger partial charge >= 0.3 is 5.97 Å². The Bertz CT molecular complexity index is 465. The third-order valence-corrected chi connectivity index (χ3v) is 3.23. The number of carboxylic acid groups (broad SMARTS) is 1. The molecule has 1 fully saturated rings. The van der Waals surface area contributed by atoms with Crippen molar-refractivity contribution in [3.05, 3.63) is 11.9 Å². The molecule has 1 atom stereocenters. The van der Waals surface area contributed by atoms with Crippen molar-refractivity contribution in [1.29, 1.82) is 0 Å². The minimum absolute atomic E-state index is 0.108. The fraction of sp³-hybridized carbons (Fsp3) is 0.636. The van der Waals surface area contributed by atoms with Gasteiger partial charge in [0.25, 0.3) is 0 Å². The van der Waals surface area contributed by atoms with Gasteiger partial charge in [-0.05, 0) is 19.8 Å². The van der Waals surface area contributed by atoms with E-state index in [9.17, 15) is 9.59 Å². The first kappa shape index (κ1) is 12.5. The average molecular weight is 252 g/mol. The molecule has 1 aliphatic carbocycles. The van der Waals surface area contributed by atoms with Crippen LogP contribution in [0.15, 0.2) is 6.20 Å². The van der Waals surface area contributed by atoms with E-state index in [2.05, 4.69) is 15.6 Å². The monoisotopic (exact) mass is 252 g/mol. The van der Waals surface area contributed by atoms with Gasteiger partial charge in [0.1, 0.15) is 5.69 Å². The highest BCUT2D eigenvalue weighted by Crippen LogP contribution is 2.37. The largest absolute Gasteiger partial charge is 0.481 e. The molecule has 1 saturated carbocycles. The van der Waals surface area contributed by atoms with Gasteiger partial charge in [-0.3, -0.25) is 9.59 Å².